The first-order chi connectivity index (χ1) is 7.67. The maximum absolute atomic E-state index is 12.0. The van der Waals surface area contributed by atoms with Gasteiger partial charge in [-0.2, -0.15) is 0 Å². The highest BCUT2D eigenvalue weighted by Gasteiger charge is 2.48. The Bertz CT molecular complexity index is 295. The van der Waals surface area contributed by atoms with Crippen molar-refractivity contribution in [2.24, 2.45) is 0 Å². The molecule has 0 radical (unpaired) electrons. The van der Waals surface area contributed by atoms with Crippen LogP contribution in [0.15, 0.2) is 0 Å². The predicted octanol–water partition coefficient (Wildman–Crippen LogP) is 1.79. The van der Waals surface area contributed by atoms with E-state index in [0.717, 1.165) is 32.1 Å². The topological polar surface area (TPSA) is 57.6 Å². The average molecular weight is 225 g/mol. The summed E-state index contributed by atoms with van der Waals surface area (Å²) in [5.74, 6) is -0.762. The molecule has 0 spiro atoms. The zero-order valence-electron chi connectivity index (χ0n) is 9.57. The van der Waals surface area contributed by atoms with Crippen molar-refractivity contribution in [1.29, 1.82) is 0 Å². The number of carboxylic acids is 1. The second-order valence-corrected chi connectivity index (χ2v) is 4.90. The first-order valence-corrected chi connectivity index (χ1v) is 6.21. The summed E-state index contributed by atoms with van der Waals surface area (Å²) in [5.41, 5.74) is -0.874. The molecule has 4 heteroatoms. The lowest BCUT2D eigenvalue weighted by Crippen LogP contribution is -2.55. The average Bonchev–Trinajstić information content (AvgIpc) is 2.64. The van der Waals surface area contributed by atoms with Gasteiger partial charge in [0.2, 0.25) is 5.91 Å². The van der Waals surface area contributed by atoms with Gasteiger partial charge in [0.05, 0.1) is 0 Å². The van der Waals surface area contributed by atoms with Gasteiger partial charge in [-0.3, -0.25) is 4.79 Å². The van der Waals surface area contributed by atoms with Gasteiger partial charge in [-0.1, -0.05) is 19.3 Å². The quantitative estimate of drug-likeness (QED) is 0.779. The Hall–Kier alpha value is -1.06. The molecule has 0 bridgehead atoms. The van der Waals surface area contributed by atoms with E-state index in [1.807, 2.05) is 0 Å². The maximum atomic E-state index is 12.0. The number of carboxylic acid groups (broad SMARTS) is 1. The lowest BCUT2D eigenvalue weighted by molar-refractivity contribution is -0.158. The fraction of sp³-hybridized carbons (Fsp3) is 0.833. The fourth-order valence-corrected chi connectivity index (χ4v) is 2.99. The molecule has 4 nitrogen and oxygen atoms in total. The number of carbonyl (C=O) groups is 2. The summed E-state index contributed by atoms with van der Waals surface area (Å²) < 4.78 is 0. The van der Waals surface area contributed by atoms with Crippen molar-refractivity contribution < 1.29 is 14.7 Å². The zero-order valence-corrected chi connectivity index (χ0v) is 9.57. The molecule has 2 aliphatic rings. The summed E-state index contributed by atoms with van der Waals surface area (Å²) in [6.45, 7) is 0.630. The maximum Gasteiger partial charge on any atom is 0.329 e. The van der Waals surface area contributed by atoms with Crippen LogP contribution in [0.1, 0.15) is 51.4 Å². The van der Waals surface area contributed by atoms with Crippen molar-refractivity contribution in [3.63, 3.8) is 0 Å². The van der Waals surface area contributed by atoms with Gasteiger partial charge < -0.3 is 10.0 Å². The number of carbonyl (C=O) groups excluding carboxylic acids is 1. The molecular weight excluding hydrogens is 206 g/mol. The molecule has 2 rings (SSSR count). The second-order valence-electron chi connectivity index (χ2n) is 4.90. The lowest BCUT2D eigenvalue weighted by atomic mass is 9.94. The van der Waals surface area contributed by atoms with Crippen molar-refractivity contribution in [1.82, 2.24) is 4.90 Å². The van der Waals surface area contributed by atoms with Crippen LogP contribution in [-0.2, 0) is 9.59 Å². The number of amides is 1. The Morgan fingerprint density at radius 3 is 2.44 bits per heavy atom. The third-order valence-corrected chi connectivity index (χ3v) is 3.92. The van der Waals surface area contributed by atoms with E-state index in [1.54, 1.807) is 4.90 Å². The number of hydrogen-bond donors (Lipinski definition) is 1. The van der Waals surface area contributed by atoms with Gasteiger partial charge in [0, 0.05) is 13.0 Å². The Labute approximate surface area is 95.6 Å². The van der Waals surface area contributed by atoms with Crippen LogP contribution >= 0.6 is 0 Å². The molecule has 0 aromatic heterocycles. The van der Waals surface area contributed by atoms with Crippen LogP contribution in [-0.4, -0.2) is 34.0 Å². The first-order valence-electron chi connectivity index (χ1n) is 6.21. The highest BCUT2D eigenvalue weighted by atomic mass is 16.4. The Balaban J connectivity index is 2.24. The van der Waals surface area contributed by atoms with Gasteiger partial charge in [-0.25, -0.2) is 4.79 Å². The predicted molar refractivity (Wildman–Crippen MR) is 59.0 cm³/mol. The van der Waals surface area contributed by atoms with Crippen LogP contribution in [0.2, 0.25) is 0 Å². The van der Waals surface area contributed by atoms with E-state index in [4.69, 9.17) is 0 Å². The highest BCUT2D eigenvalue weighted by molar-refractivity contribution is 5.87. The van der Waals surface area contributed by atoms with E-state index in [-0.39, 0.29) is 5.91 Å². The molecule has 2 fully saturated rings. The molecular formula is C12H19NO3. The van der Waals surface area contributed by atoms with Crippen LogP contribution in [0.5, 0.6) is 0 Å². The molecule has 90 valence electrons. The molecule has 1 aliphatic carbocycles. The van der Waals surface area contributed by atoms with Crippen molar-refractivity contribution in [2.45, 2.75) is 56.9 Å². The minimum absolute atomic E-state index is 0.0433. The molecule has 0 atom stereocenters. The monoisotopic (exact) mass is 225 g/mol. The number of rotatable bonds is 2. The summed E-state index contributed by atoms with van der Waals surface area (Å²) >= 11 is 0. The van der Waals surface area contributed by atoms with Crippen LogP contribution < -0.4 is 0 Å². The lowest BCUT2D eigenvalue weighted by Gasteiger charge is -2.37. The van der Waals surface area contributed by atoms with Crippen LogP contribution in [0.3, 0.4) is 0 Å². The molecule has 0 aromatic carbocycles. The summed E-state index contributed by atoms with van der Waals surface area (Å²) in [6, 6.07) is 0. The van der Waals surface area contributed by atoms with E-state index >= 15 is 0 Å². The van der Waals surface area contributed by atoms with Crippen molar-refractivity contribution >= 4 is 11.9 Å². The minimum atomic E-state index is -0.874. The van der Waals surface area contributed by atoms with Gasteiger partial charge in [-0.15, -0.1) is 0 Å². The summed E-state index contributed by atoms with van der Waals surface area (Å²) in [6.07, 6.45) is 6.53. The molecule has 1 aliphatic heterocycles. The minimum Gasteiger partial charge on any atom is -0.479 e. The van der Waals surface area contributed by atoms with Gasteiger partial charge >= 0.3 is 5.97 Å². The van der Waals surface area contributed by atoms with E-state index in [9.17, 15) is 14.7 Å². The molecule has 0 aromatic rings. The Morgan fingerprint density at radius 1 is 1.12 bits per heavy atom. The van der Waals surface area contributed by atoms with E-state index < -0.39 is 11.5 Å². The van der Waals surface area contributed by atoms with Gasteiger partial charge in [-0.05, 0) is 25.7 Å². The summed E-state index contributed by atoms with van der Waals surface area (Å²) in [4.78, 5) is 25.1. The molecule has 1 saturated heterocycles. The molecule has 1 heterocycles. The molecule has 0 unspecified atom stereocenters. The van der Waals surface area contributed by atoms with Crippen molar-refractivity contribution in [2.75, 3.05) is 6.54 Å². The molecule has 1 amide bonds. The standard InChI is InChI=1S/C12H19NO3/c14-10-6-2-1-5-9-13(10)12(11(15)16)7-3-4-8-12/h1-9H2,(H,15,16). The number of nitrogens with zero attached hydrogens (tertiary/aromatic N) is 1. The first kappa shape index (κ1) is 11.4. The highest BCUT2D eigenvalue weighted by Crippen LogP contribution is 2.37. The Kier molecular flexibility index (Phi) is 3.17. The van der Waals surface area contributed by atoms with Crippen LogP contribution in [0, 0.1) is 0 Å². The van der Waals surface area contributed by atoms with Crippen LogP contribution in [0.4, 0.5) is 0 Å². The SMILES string of the molecule is O=C1CCCCCN1C1(C(=O)O)CCCC1. The molecule has 16 heavy (non-hydrogen) atoms. The van der Waals surface area contributed by atoms with Crippen molar-refractivity contribution in [3.05, 3.63) is 0 Å². The normalized spacial score (nSPS) is 25.5. The number of hydrogen-bond acceptors (Lipinski definition) is 2. The van der Waals surface area contributed by atoms with Crippen molar-refractivity contribution in [3.8, 4) is 0 Å². The molecule has 1 saturated carbocycles. The number of aliphatic carboxylic acids is 1. The number of likely N-dealkylation sites (tertiary alicyclic amines) is 1. The summed E-state index contributed by atoms with van der Waals surface area (Å²) in [7, 11) is 0. The largest absolute Gasteiger partial charge is 0.479 e. The zero-order chi connectivity index (χ0) is 11.6. The van der Waals surface area contributed by atoms with E-state index in [2.05, 4.69) is 0 Å². The third kappa shape index (κ3) is 1.81. The van der Waals surface area contributed by atoms with Gasteiger partial charge in [0.1, 0.15) is 5.54 Å². The Morgan fingerprint density at radius 2 is 1.81 bits per heavy atom. The molecule has 1 N–H and O–H groups in total. The van der Waals surface area contributed by atoms with E-state index in [1.165, 1.54) is 0 Å². The van der Waals surface area contributed by atoms with Gasteiger partial charge in [0.25, 0.3) is 0 Å². The van der Waals surface area contributed by atoms with Gasteiger partial charge in [0.15, 0.2) is 0 Å². The summed E-state index contributed by atoms with van der Waals surface area (Å²) in [5, 5.41) is 9.43. The third-order valence-electron chi connectivity index (χ3n) is 3.92. The van der Waals surface area contributed by atoms with E-state index in [0.29, 0.717) is 25.8 Å². The smallest absolute Gasteiger partial charge is 0.329 e. The van der Waals surface area contributed by atoms with Crippen LogP contribution in [0.25, 0.3) is 0 Å². The second kappa shape index (κ2) is 4.44. The fourth-order valence-electron chi connectivity index (χ4n) is 2.99.